The number of aromatic amines is 1. The molecule has 190 valence electrons. The molecule has 2 saturated carbocycles. The fourth-order valence-electron chi connectivity index (χ4n) is 6.03. The monoisotopic (exact) mass is 487 g/mol. The van der Waals surface area contributed by atoms with E-state index in [9.17, 15) is 9.59 Å². The molecule has 2 aromatic heterocycles. The van der Waals surface area contributed by atoms with Crippen molar-refractivity contribution in [3.63, 3.8) is 0 Å². The highest BCUT2D eigenvalue weighted by Crippen LogP contribution is 2.33. The second-order valence-electron chi connectivity index (χ2n) is 10.7. The summed E-state index contributed by atoms with van der Waals surface area (Å²) in [6.07, 6.45) is 11.7. The van der Waals surface area contributed by atoms with Crippen LogP contribution in [0.1, 0.15) is 71.6 Å². The number of anilines is 2. The largest absolute Gasteiger partial charge is 0.337 e. The van der Waals surface area contributed by atoms with Crippen LogP contribution in [0.15, 0.2) is 36.5 Å². The van der Waals surface area contributed by atoms with E-state index in [-0.39, 0.29) is 23.7 Å². The van der Waals surface area contributed by atoms with E-state index >= 15 is 0 Å². The molecule has 0 aliphatic heterocycles. The SMILES string of the molecule is CCC1CCCCC1C(=O)Nc1ccc(-c2nc3cc(NC(=O)C4CCCCC4C)ncc3[nH]2)cc1. The molecular formula is C29H37N5O2. The average molecular weight is 488 g/mol. The number of amides is 2. The van der Waals surface area contributed by atoms with E-state index in [1.54, 1.807) is 6.20 Å². The number of rotatable bonds is 6. The number of fused-ring (bicyclic) bond motifs is 1. The molecule has 1 aromatic carbocycles. The van der Waals surface area contributed by atoms with Gasteiger partial charge in [0.2, 0.25) is 11.8 Å². The highest BCUT2D eigenvalue weighted by molar-refractivity contribution is 5.94. The van der Waals surface area contributed by atoms with Crippen molar-refractivity contribution >= 4 is 34.4 Å². The van der Waals surface area contributed by atoms with Crippen molar-refractivity contribution in [3.05, 3.63) is 36.5 Å². The highest BCUT2D eigenvalue weighted by Gasteiger charge is 2.30. The summed E-state index contributed by atoms with van der Waals surface area (Å²) in [5, 5.41) is 6.12. The normalized spacial score (nSPS) is 24.4. The van der Waals surface area contributed by atoms with Crippen molar-refractivity contribution in [2.24, 2.45) is 23.7 Å². The minimum atomic E-state index is 0.0518. The van der Waals surface area contributed by atoms with Gasteiger partial charge >= 0.3 is 0 Å². The molecule has 0 bridgehead atoms. The first-order chi connectivity index (χ1) is 17.5. The first-order valence-corrected chi connectivity index (χ1v) is 13.6. The molecule has 5 rings (SSSR count). The standard InChI is InChI=1S/C29H37N5O2/c1-3-19-9-5-7-11-23(19)29(36)31-21-14-12-20(13-15-21)27-32-24-16-26(30-17-25(24)33-27)34-28(35)22-10-6-4-8-18(22)2/h12-19,22-23H,3-11H2,1-2H3,(H,31,36)(H,32,33)(H,30,34,35). The van der Waals surface area contributed by atoms with Crippen molar-refractivity contribution in [2.45, 2.75) is 71.6 Å². The summed E-state index contributed by atoms with van der Waals surface area (Å²) in [5.74, 6) is 2.52. The van der Waals surface area contributed by atoms with E-state index in [4.69, 9.17) is 4.98 Å². The smallest absolute Gasteiger partial charge is 0.228 e. The van der Waals surface area contributed by atoms with E-state index in [1.165, 1.54) is 12.8 Å². The summed E-state index contributed by atoms with van der Waals surface area (Å²) in [4.78, 5) is 38.1. The molecule has 0 saturated heterocycles. The van der Waals surface area contributed by atoms with Crippen LogP contribution in [0.4, 0.5) is 11.5 Å². The van der Waals surface area contributed by atoms with Gasteiger partial charge in [-0.05, 0) is 61.8 Å². The number of nitrogens with zero attached hydrogens (tertiary/aromatic N) is 2. The van der Waals surface area contributed by atoms with Crippen LogP contribution in [0.3, 0.4) is 0 Å². The van der Waals surface area contributed by atoms with Gasteiger partial charge in [0.05, 0.1) is 17.2 Å². The van der Waals surface area contributed by atoms with Gasteiger partial charge in [0.15, 0.2) is 0 Å². The maximum absolute atomic E-state index is 12.9. The number of nitrogens with one attached hydrogen (secondary N) is 3. The fraction of sp³-hybridized carbons (Fsp3) is 0.517. The molecule has 4 atom stereocenters. The lowest BCUT2D eigenvalue weighted by Crippen LogP contribution is -2.31. The Morgan fingerprint density at radius 1 is 0.944 bits per heavy atom. The number of imidazole rings is 1. The van der Waals surface area contributed by atoms with Crippen molar-refractivity contribution in [1.82, 2.24) is 15.0 Å². The Balaban J connectivity index is 1.25. The second kappa shape index (κ2) is 10.8. The first kappa shape index (κ1) is 24.5. The first-order valence-electron chi connectivity index (χ1n) is 13.6. The minimum absolute atomic E-state index is 0.0518. The van der Waals surface area contributed by atoms with Crippen LogP contribution in [0.2, 0.25) is 0 Å². The van der Waals surface area contributed by atoms with Gasteiger partial charge in [0.25, 0.3) is 0 Å². The van der Waals surface area contributed by atoms with Crippen molar-refractivity contribution in [3.8, 4) is 11.4 Å². The Morgan fingerprint density at radius 2 is 1.64 bits per heavy atom. The van der Waals surface area contributed by atoms with Gasteiger partial charge in [-0.2, -0.15) is 0 Å². The fourth-order valence-corrected chi connectivity index (χ4v) is 6.03. The number of H-pyrrole nitrogens is 1. The maximum atomic E-state index is 12.9. The van der Waals surface area contributed by atoms with Crippen LogP contribution in [0.5, 0.6) is 0 Å². The summed E-state index contributed by atoms with van der Waals surface area (Å²) in [7, 11) is 0. The van der Waals surface area contributed by atoms with Crippen molar-refractivity contribution in [2.75, 3.05) is 10.6 Å². The molecule has 2 aliphatic carbocycles. The Kier molecular flexibility index (Phi) is 7.35. The van der Waals surface area contributed by atoms with Crippen LogP contribution in [0.25, 0.3) is 22.4 Å². The van der Waals surface area contributed by atoms with E-state index in [0.29, 0.717) is 17.7 Å². The van der Waals surface area contributed by atoms with Gasteiger partial charge in [-0.1, -0.05) is 46.0 Å². The van der Waals surface area contributed by atoms with Crippen LogP contribution < -0.4 is 10.6 Å². The van der Waals surface area contributed by atoms with Gasteiger partial charge < -0.3 is 15.6 Å². The van der Waals surface area contributed by atoms with E-state index in [0.717, 1.165) is 73.1 Å². The third-order valence-corrected chi connectivity index (χ3v) is 8.26. The molecule has 4 unspecified atom stereocenters. The zero-order chi connectivity index (χ0) is 25.1. The van der Waals surface area contributed by atoms with Gasteiger partial charge in [0, 0.05) is 29.2 Å². The third-order valence-electron chi connectivity index (χ3n) is 8.26. The lowest BCUT2D eigenvalue weighted by atomic mass is 9.77. The zero-order valence-electron chi connectivity index (χ0n) is 21.3. The number of aromatic nitrogens is 3. The number of benzene rings is 1. The molecule has 0 radical (unpaired) electrons. The van der Waals surface area contributed by atoms with E-state index in [2.05, 4.69) is 34.4 Å². The average Bonchev–Trinajstić information content (AvgIpc) is 3.32. The molecule has 2 heterocycles. The van der Waals surface area contributed by atoms with Gasteiger partial charge in [-0.3, -0.25) is 9.59 Å². The quantitative estimate of drug-likeness (QED) is 0.367. The number of carbonyl (C=O) groups is 2. The molecule has 2 fully saturated rings. The molecule has 3 N–H and O–H groups in total. The number of pyridine rings is 1. The Labute approximate surface area is 212 Å². The summed E-state index contributed by atoms with van der Waals surface area (Å²) >= 11 is 0. The van der Waals surface area contributed by atoms with Crippen LogP contribution in [-0.4, -0.2) is 26.8 Å². The number of hydrogen-bond acceptors (Lipinski definition) is 4. The summed E-state index contributed by atoms with van der Waals surface area (Å²) < 4.78 is 0. The lowest BCUT2D eigenvalue weighted by Gasteiger charge is -2.29. The molecule has 2 aliphatic rings. The van der Waals surface area contributed by atoms with Gasteiger partial charge in [-0.25, -0.2) is 9.97 Å². The molecule has 0 spiro atoms. The lowest BCUT2D eigenvalue weighted by molar-refractivity contribution is -0.123. The predicted octanol–water partition coefficient (Wildman–Crippen LogP) is 6.54. The summed E-state index contributed by atoms with van der Waals surface area (Å²) in [5.41, 5.74) is 3.31. The predicted molar refractivity (Wildman–Crippen MR) is 143 cm³/mol. The highest BCUT2D eigenvalue weighted by atomic mass is 16.2. The van der Waals surface area contributed by atoms with E-state index in [1.807, 2.05) is 30.3 Å². The van der Waals surface area contributed by atoms with Crippen LogP contribution in [-0.2, 0) is 9.59 Å². The van der Waals surface area contributed by atoms with Gasteiger partial charge in [0.1, 0.15) is 11.6 Å². The Bertz CT molecular complexity index is 1220. The maximum Gasteiger partial charge on any atom is 0.228 e. The van der Waals surface area contributed by atoms with Crippen molar-refractivity contribution in [1.29, 1.82) is 0 Å². The Morgan fingerprint density at radius 3 is 2.39 bits per heavy atom. The molecule has 7 heteroatoms. The number of carbonyl (C=O) groups excluding carboxylic acids is 2. The molecule has 2 amide bonds. The molecule has 36 heavy (non-hydrogen) atoms. The summed E-state index contributed by atoms with van der Waals surface area (Å²) in [6, 6.07) is 9.61. The zero-order valence-corrected chi connectivity index (χ0v) is 21.3. The second-order valence-corrected chi connectivity index (χ2v) is 10.7. The minimum Gasteiger partial charge on any atom is -0.337 e. The van der Waals surface area contributed by atoms with E-state index < -0.39 is 0 Å². The number of hydrogen-bond donors (Lipinski definition) is 3. The summed E-state index contributed by atoms with van der Waals surface area (Å²) in [6.45, 7) is 4.34. The Hall–Kier alpha value is -3.22. The topological polar surface area (TPSA) is 99.8 Å². The molecule has 7 nitrogen and oxygen atoms in total. The van der Waals surface area contributed by atoms with Crippen molar-refractivity contribution < 1.29 is 9.59 Å². The van der Waals surface area contributed by atoms with Crippen LogP contribution in [0, 0.1) is 23.7 Å². The van der Waals surface area contributed by atoms with Gasteiger partial charge in [-0.15, -0.1) is 0 Å². The van der Waals surface area contributed by atoms with Crippen LogP contribution >= 0.6 is 0 Å². The molecular weight excluding hydrogens is 450 g/mol. The third kappa shape index (κ3) is 5.30. The molecule has 3 aromatic rings.